The molecule has 0 spiro atoms. The number of anilines is 1. The SMILES string of the molecule is O=C(O)C1CC(=O)N(c2ccccc2)C1c1cccnc1. The van der Waals surface area contributed by atoms with E-state index in [2.05, 4.69) is 4.98 Å². The Morgan fingerprint density at radius 3 is 2.57 bits per heavy atom. The number of rotatable bonds is 3. The monoisotopic (exact) mass is 282 g/mol. The predicted molar refractivity (Wildman–Crippen MR) is 76.6 cm³/mol. The van der Waals surface area contributed by atoms with E-state index >= 15 is 0 Å². The largest absolute Gasteiger partial charge is 0.481 e. The molecule has 1 aliphatic rings. The fraction of sp³-hybridized carbons (Fsp3) is 0.188. The normalized spacial score (nSPS) is 21.5. The molecule has 0 bridgehead atoms. The number of pyridine rings is 1. The molecule has 2 unspecified atom stereocenters. The maximum Gasteiger partial charge on any atom is 0.309 e. The molecule has 1 aliphatic heterocycles. The highest BCUT2D eigenvalue weighted by Gasteiger charge is 2.45. The first-order valence-electron chi connectivity index (χ1n) is 6.68. The Balaban J connectivity index is 2.08. The minimum absolute atomic E-state index is 0.00376. The van der Waals surface area contributed by atoms with Gasteiger partial charge in [-0.3, -0.25) is 14.6 Å². The van der Waals surface area contributed by atoms with Crippen LogP contribution < -0.4 is 4.90 Å². The quantitative estimate of drug-likeness (QED) is 0.937. The fourth-order valence-corrected chi connectivity index (χ4v) is 2.78. The molecule has 2 aromatic rings. The second-order valence-corrected chi connectivity index (χ2v) is 4.98. The number of carboxylic acid groups (broad SMARTS) is 1. The number of carbonyl (C=O) groups is 2. The van der Waals surface area contributed by atoms with Gasteiger partial charge in [-0.15, -0.1) is 0 Å². The zero-order valence-electron chi connectivity index (χ0n) is 11.2. The van der Waals surface area contributed by atoms with Crippen LogP contribution in [0.1, 0.15) is 18.0 Å². The second-order valence-electron chi connectivity index (χ2n) is 4.98. The number of aliphatic carboxylic acids is 1. The van der Waals surface area contributed by atoms with E-state index in [0.29, 0.717) is 5.69 Å². The van der Waals surface area contributed by atoms with Crippen LogP contribution in [0.2, 0.25) is 0 Å². The number of benzene rings is 1. The highest BCUT2D eigenvalue weighted by molar-refractivity contribution is 6.00. The Labute approximate surface area is 121 Å². The Morgan fingerprint density at radius 1 is 1.19 bits per heavy atom. The molecule has 1 N–H and O–H groups in total. The lowest BCUT2D eigenvalue weighted by atomic mass is 9.94. The molecule has 1 fully saturated rings. The van der Waals surface area contributed by atoms with E-state index in [1.165, 1.54) is 0 Å². The van der Waals surface area contributed by atoms with Gasteiger partial charge < -0.3 is 10.0 Å². The molecule has 1 aromatic carbocycles. The third-order valence-corrected chi connectivity index (χ3v) is 3.70. The second kappa shape index (κ2) is 5.36. The van der Waals surface area contributed by atoms with Gasteiger partial charge in [0.2, 0.25) is 5.91 Å². The zero-order valence-corrected chi connectivity index (χ0v) is 11.2. The van der Waals surface area contributed by atoms with E-state index < -0.39 is 17.9 Å². The van der Waals surface area contributed by atoms with E-state index in [4.69, 9.17) is 0 Å². The van der Waals surface area contributed by atoms with Crippen molar-refractivity contribution >= 4 is 17.6 Å². The number of amides is 1. The lowest BCUT2D eigenvalue weighted by Gasteiger charge is -2.27. The molecule has 0 saturated carbocycles. The van der Waals surface area contributed by atoms with Crippen LogP contribution in [0.25, 0.3) is 0 Å². The van der Waals surface area contributed by atoms with Crippen molar-refractivity contribution in [3.63, 3.8) is 0 Å². The molecular formula is C16H14N2O3. The molecular weight excluding hydrogens is 268 g/mol. The van der Waals surface area contributed by atoms with Crippen LogP contribution in [0.4, 0.5) is 5.69 Å². The fourth-order valence-electron chi connectivity index (χ4n) is 2.78. The standard InChI is InChI=1S/C16H14N2O3/c19-14-9-13(16(20)21)15(11-5-4-8-17-10-11)18(14)12-6-2-1-3-7-12/h1-8,10,13,15H,9H2,(H,20,21). The van der Waals surface area contributed by atoms with E-state index in [1.807, 2.05) is 36.4 Å². The summed E-state index contributed by atoms with van der Waals surface area (Å²) in [5, 5.41) is 9.43. The van der Waals surface area contributed by atoms with Crippen LogP contribution in [-0.4, -0.2) is 22.0 Å². The van der Waals surface area contributed by atoms with Gasteiger partial charge in [0.25, 0.3) is 0 Å². The summed E-state index contributed by atoms with van der Waals surface area (Å²) < 4.78 is 0. The Kier molecular flexibility index (Phi) is 3.39. The number of hydrogen-bond acceptors (Lipinski definition) is 3. The first kappa shape index (κ1) is 13.3. The maximum atomic E-state index is 12.3. The molecule has 3 rings (SSSR count). The van der Waals surface area contributed by atoms with Gasteiger partial charge >= 0.3 is 5.97 Å². The number of hydrogen-bond donors (Lipinski definition) is 1. The summed E-state index contributed by atoms with van der Waals surface area (Å²) >= 11 is 0. The van der Waals surface area contributed by atoms with Crippen molar-refractivity contribution in [1.29, 1.82) is 0 Å². The van der Waals surface area contributed by atoms with Gasteiger partial charge in [0.1, 0.15) is 0 Å². The third-order valence-electron chi connectivity index (χ3n) is 3.70. The summed E-state index contributed by atoms with van der Waals surface area (Å²) in [4.78, 5) is 29.4. The van der Waals surface area contributed by atoms with E-state index in [0.717, 1.165) is 5.56 Å². The number of carbonyl (C=O) groups excluding carboxylic acids is 1. The van der Waals surface area contributed by atoms with Crippen LogP contribution in [-0.2, 0) is 9.59 Å². The highest BCUT2D eigenvalue weighted by atomic mass is 16.4. The molecule has 5 nitrogen and oxygen atoms in total. The van der Waals surface area contributed by atoms with Crippen molar-refractivity contribution in [2.75, 3.05) is 4.90 Å². The third kappa shape index (κ3) is 2.38. The predicted octanol–water partition coefficient (Wildman–Crippen LogP) is 2.26. The molecule has 5 heteroatoms. The number of aromatic nitrogens is 1. The van der Waals surface area contributed by atoms with Gasteiger partial charge in [0.05, 0.1) is 12.0 Å². The van der Waals surface area contributed by atoms with Crippen molar-refractivity contribution in [2.24, 2.45) is 5.92 Å². The molecule has 2 atom stereocenters. The summed E-state index contributed by atoms with van der Waals surface area (Å²) in [5.74, 6) is -1.90. The molecule has 1 saturated heterocycles. The van der Waals surface area contributed by atoms with Gasteiger partial charge in [-0.2, -0.15) is 0 Å². The van der Waals surface area contributed by atoms with Crippen molar-refractivity contribution in [3.05, 3.63) is 60.4 Å². The van der Waals surface area contributed by atoms with Crippen molar-refractivity contribution in [2.45, 2.75) is 12.5 Å². The molecule has 1 amide bonds. The summed E-state index contributed by atoms with van der Waals surface area (Å²) in [6, 6.07) is 12.2. The Morgan fingerprint density at radius 2 is 1.95 bits per heavy atom. The Hall–Kier alpha value is -2.69. The summed E-state index contributed by atoms with van der Waals surface area (Å²) in [6.07, 6.45) is 3.25. The van der Waals surface area contributed by atoms with Crippen molar-refractivity contribution < 1.29 is 14.7 Å². The minimum Gasteiger partial charge on any atom is -0.481 e. The van der Waals surface area contributed by atoms with E-state index in [9.17, 15) is 14.7 Å². The van der Waals surface area contributed by atoms with Crippen molar-refractivity contribution in [3.8, 4) is 0 Å². The van der Waals surface area contributed by atoms with Gasteiger partial charge in [-0.1, -0.05) is 24.3 Å². The van der Waals surface area contributed by atoms with Crippen LogP contribution in [0.5, 0.6) is 0 Å². The van der Waals surface area contributed by atoms with Crippen molar-refractivity contribution in [1.82, 2.24) is 4.98 Å². The average Bonchev–Trinajstić information content (AvgIpc) is 2.87. The summed E-state index contributed by atoms with van der Waals surface area (Å²) in [7, 11) is 0. The number of para-hydroxylation sites is 1. The summed E-state index contributed by atoms with van der Waals surface area (Å²) in [6.45, 7) is 0. The van der Waals surface area contributed by atoms with Crippen LogP contribution in [0, 0.1) is 5.92 Å². The van der Waals surface area contributed by atoms with Gasteiger partial charge in [-0.25, -0.2) is 0 Å². The van der Waals surface area contributed by atoms with Crippen LogP contribution >= 0.6 is 0 Å². The summed E-state index contributed by atoms with van der Waals surface area (Å²) in [5.41, 5.74) is 1.44. The van der Waals surface area contributed by atoms with Crippen LogP contribution in [0.3, 0.4) is 0 Å². The van der Waals surface area contributed by atoms with Crippen LogP contribution in [0.15, 0.2) is 54.9 Å². The van der Waals surface area contributed by atoms with Gasteiger partial charge in [0, 0.05) is 24.5 Å². The Bertz CT molecular complexity index is 658. The lowest BCUT2D eigenvalue weighted by Crippen LogP contribution is -2.30. The number of nitrogens with zero attached hydrogens (tertiary/aromatic N) is 2. The van der Waals surface area contributed by atoms with E-state index in [1.54, 1.807) is 23.4 Å². The van der Waals surface area contributed by atoms with E-state index in [-0.39, 0.29) is 12.3 Å². The zero-order chi connectivity index (χ0) is 14.8. The van der Waals surface area contributed by atoms with Gasteiger partial charge in [0.15, 0.2) is 0 Å². The highest BCUT2D eigenvalue weighted by Crippen LogP contribution is 2.41. The van der Waals surface area contributed by atoms with Gasteiger partial charge in [-0.05, 0) is 23.8 Å². The smallest absolute Gasteiger partial charge is 0.309 e. The molecule has 2 heterocycles. The maximum absolute atomic E-state index is 12.3. The molecule has 0 aliphatic carbocycles. The minimum atomic E-state index is -0.962. The first-order chi connectivity index (χ1) is 10.2. The molecule has 106 valence electrons. The number of carboxylic acids is 1. The molecule has 1 aromatic heterocycles. The molecule has 0 radical (unpaired) electrons. The topological polar surface area (TPSA) is 70.5 Å². The first-order valence-corrected chi connectivity index (χ1v) is 6.68. The lowest BCUT2D eigenvalue weighted by molar-refractivity contribution is -0.142. The molecule has 21 heavy (non-hydrogen) atoms. The average molecular weight is 282 g/mol.